The maximum absolute atomic E-state index is 10.6. The molecule has 0 saturated heterocycles. The van der Waals surface area contributed by atoms with Crippen molar-refractivity contribution in [3.05, 3.63) is 0 Å². The smallest absolute Gasteiger partial charge is 0.0853 e. The highest BCUT2D eigenvalue weighted by Gasteiger charge is 2.26. The van der Waals surface area contributed by atoms with E-state index in [1.165, 1.54) is 0 Å². The number of hydrogen-bond donors (Lipinski definition) is 0. The first-order valence-corrected chi connectivity index (χ1v) is 4.18. The second-order valence-electron chi connectivity index (χ2n) is 3.43. The molecule has 0 aliphatic carbocycles. The standard InChI is InChI=1S/C9H19O/c1-5-9(4,6-2)8(3)7-10/h8H,5-7H2,1-4H3. The largest absolute Gasteiger partial charge is 0.236 e. The van der Waals surface area contributed by atoms with Gasteiger partial charge in [0.15, 0.2) is 0 Å². The highest BCUT2D eigenvalue weighted by atomic mass is 16.3. The first-order chi connectivity index (χ1) is 4.60. The van der Waals surface area contributed by atoms with Gasteiger partial charge in [0.05, 0.1) is 6.61 Å². The zero-order chi connectivity index (χ0) is 8.20. The van der Waals surface area contributed by atoms with Crippen LogP contribution in [0.15, 0.2) is 0 Å². The first kappa shape index (κ1) is 9.96. The Kier molecular flexibility index (Phi) is 3.95. The maximum Gasteiger partial charge on any atom is 0.0853 e. The van der Waals surface area contributed by atoms with Gasteiger partial charge in [-0.3, -0.25) is 0 Å². The third-order valence-corrected chi connectivity index (χ3v) is 3.06. The van der Waals surface area contributed by atoms with Crippen LogP contribution in [0.2, 0.25) is 0 Å². The van der Waals surface area contributed by atoms with Crippen molar-refractivity contribution in [1.29, 1.82) is 0 Å². The van der Waals surface area contributed by atoms with Crippen LogP contribution in [-0.2, 0) is 5.11 Å². The Hall–Kier alpha value is -0.0400. The number of hydrogen-bond acceptors (Lipinski definition) is 0. The first-order valence-electron chi connectivity index (χ1n) is 4.18. The summed E-state index contributed by atoms with van der Waals surface area (Å²) in [5, 5.41) is 10.6. The fourth-order valence-electron chi connectivity index (χ4n) is 1.15. The van der Waals surface area contributed by atoms with Crippen LogP contribution in [0.25, 0.3) is 0 Å². The highest BCUT2D eigenvalue weighted by molar-refractivity contribution is 4.76. The van der Waals surface area contributed by atoms with Crippen LogP contribution in [0, 0.1) is 11.3 Å². The summed E-state index contributed by atoms with van der Waals surface area (Å²) in [5.74, 6) is 0.322. The molecular weight excluding hydrogens is 124 g/mol. The molecule has 1 radical (unpaired) electrons. The fourth-order valence-corrected chi connectivity index (χ4v) is 1.15. The molecule has 1 unspecified atom stereocenters. The van der Waals surface area contributed by atoms with E-state index in [4.69, 9.17) is 0 Å². The second-order valence-corrected chi connectivity index (χ2v) is 3.43. The molecule has 0 amide bonds. The van der Waals surface area contributed by atoms with E-state index < -0.39 is 0 Å². The molecule has 0 N–H and O–H groups in total. The average Bonchev–Trinajstić information content (AvgIpc) is 2.01. The third kappa shape index (κ3) is 1.98. The van der Waals surface area contributed by atoms with Gasteiger partial charge in [-0.1, -0.05) is 40.5 Å². The molecule has 0 bridgehead atoms. The summed E-state index contributed by atoms with van der Waals surface area (Å²) in [6.07, 6.45) is 2.24. The minimum Gasteiger partial charge on any atom is -0.236 e. The van der Waals surface area contributed by atoms with Gasteiger partial charge in [0.25, 0.3) is 0 Å². The molecule has 0 spiro atoms. The van der Waals surface area contributed by atoms with Crippen molar-refractivity contribution >= 4 is 0 Å². The van der Waals surface area contributed by atoms with Gasteiger partial charge in [0, 0.05) is 0 Å². The highest BCUT2D eigenvalue weighted by Crippen LogP contribution is 2.33. The average molecular weight is 143 g/mol. The predicted molar refractivity (Wildman–Crippen MR) is 43.4 cm³/mol. The summed E-state index contributed by atoms with van der Waals surface area (Å²) in [5.41, 5.74) is 0.280. The van der Waals surface area contributed by atoms with E-state index in [-0.39, 0.29) is 12.0 Å². The molecule has 61 valence electrons. The molecular formula is C9H19O. The van der Waals surface area contributed by atoms with Gasteiger partial charge in [0.2, 0.25) is 0 Å². The van der Waals surface area contributed by atoms with Gasteiger partial charge in [0.1, 0.15) is 0 Å². The zero-order valence-corrected chi connectivity index (χ0v) is 7.61. The molecule has 1 heteroatoms. The van der Waals surface area contributed by atoms with Gasteiger partial charge >= 0.3 is 0 Å². The van der Waals surface area contributed by atoms with E-state index in [9.17, 15) is 5.11 Å². The SMILES string of the molecule is CCC(C)(CC)C(C)C[O]. The Balaban J connectivity index is 4.02. The minimum absolute atomic E-state index is 0.0676. The molecule has 1 atom stereocenters. The van der Waals surface area contributed by atoms with Crippen molar-refractivity contribution < 1.29 is 5.11 Å². The molecule has 0 aromatic rings. The summed E-state index contributed by atoms with van der Waals surface area (Å²) in [6, 6.07) is 0. The van der Waals surface area contributed by atoms with E-state index >= 15 is 0 Å². The Bertz CT molecular complexity index is 84.7. The lowest BCUT2D eigenvalue weighted by atomic mass is 9.74. The summed E-state index contributed by atoms with van der Waals surface area (Å²) in [4.78, 5) is 0. The van der Waals surface area contributed by atoms with Crippen molar-refractivity contribution in [1.82, 2.24) is 0 Å². The van der Waals surface area contributed by atoms with Gasteiger partial charge in [-0.2, -0.15) is 0 Å². The number of rotatable bonds is 4. The van der Waals surface area contributed by atoms with E-state index in [0.29, 0.717) is 5.92 Å². The summed E-state index contributed by atoms with van der Waals surface area (Å²) >= 11 is 0. The summed E-state index contributed by atoms with van der Waals surface area (Å²) < 4.78 is 0. The van der Waals surface area contributed by atoms with Crippen LogP contribution in [-0.4, -0.2) is 6.61 Å². The van der Waals surface area contributed by atoms with E-state index in [1.54, 1.807) is 0 Å². The van der Waals surface area contributed by atoms with Crippen LogP contribution < -0.4 is 0 Å². The fraction of sp³-hybridized carbons (Fsp3) is 1.00. The molecule has 0 fully saturated rings. The molecule has 0 aliphatic rings. The lowest BCUT2D eigenvalue weighted by Gasteiger charge is -2.31. The minimum atomic E-state index is 0.0676. The normalized spacial score (nSPS) is 15.3. The van der Waals surface area contributed by atoms with Gasteiger partial charge in [-0.05, 0) is 11.3 Å². The molecule has 1 nitrogen and oxygen atoms in total. The van der Waals surface area contributed by atoms with Crippen molar-refractivity contribution in [2.24, 2.45) is 11.3 Å². The van der Waals surface area contributed by atoms with E-state index in [1.807, 2.05) is 0 Å². The molecule has 0 heterocycles. The molecule has 0 saturated carbocycles. The molecule has 0 rings (SSSR count). The second kappa shape index (κ2) is 3.97. The van der Waals surface area contributed by atoms with Crippen LogP contribution in [0.3, 0.4) is 0 Å². The van der Waals surface area contributed by atoms with Crippen molar-refractivity contribution in [3.63, 3.8) is 0 Å². The lowest BCUT2D eigenvalue weighted by Crippen LogP contribution is -2.25. The molecule has 0 aromatic carbocycles. The Morgan fingerprint density at radius 2 is 1.70 bits per heavy atom. The van der Waals surface area contributed by atoms with Crippen LogP contribution in [0.5, 0.6) is 0 Å². The van der Waals surface area contributed by atoms with Crippen LogP contribution in [0.1, 0.15) is 40.5 Å². The van der Waals surface area contributed by atoms with Crippen molar-refractivity contribution in [2.75, 3.05) is 6.61 Å². The zero-order valence-electron chi connectivity index (χ0n) is 7.61. The molecule has 10 heavy (non-hydrogen) atoms. The van der Waals surface area contributed by atoms with Crippen LogP contribution in [0.4, 0.5) is 0 Å². The van der Waals surface area contributed by atoms with E-state index in [0.717, 1.165) is 12.8 Å². The monoisotopic (exact) mass is 143 g/mol. The Labute approximate surface area is 64.5 Å². The molecule has 0 aliphatic heterocycles. The lowest BCUT2D eigenvalue weighted by molar-refractivity contribution is 0.0663. The summed E-state index contributed by atoms with van der Waals surface area (Å²) in [7, 11) is 0. The quantitative estimate of drug-likeness (QED) is 0.576. The molecule has 0 aromatic heterocycles. The third-order valence-electron chi connectivity index (χ3n) is 3.06. The van der Waals surface area contributed by atoms with Gasteiger partial charge < -0.3 is 0 Å². The summed E-state index contributed by atoms with van der Waals surface area (Å²) in [6.45, 7) is 8.65. The maximum atomic E-state index is 10.6. The van der Waals surface area contributed by atoms with Gasteiger partial charge in [-0.15, -0.1) is 0 Å². The van der Waals surface area contributed by atoms with E-state index in [2.05, 4.69) is 27.7 Å². The van der Waals surface area contributed by atoms with Gasteiger partial charge in [-0.25, -0.2) is 5.11 Å². The van der Waals surface area contributed by atoms with Crippen molar-refractivity contribution in [3.8, 4) is 0 Å². The van der Waals surface area contributed by atoms with Crippen LogP contribution >= 0.6 is 0 Å². The Morgan fingerprint density at radius 3 is 1.80 bits per heavy atom. The van der Waals surface area contributed by atoms with Crippen molar-refractivity contribution in [2.45, 2.75) is 40.5 Å². The topological polar surface area (TPSA) is 19.9 Å². The predicted octanol–water partition coefficient (Wildman–Crippen LogP) is 2.88. The Morgan fingerprint density at radius 1 is 1.30 bits per heavy atom.